The normalized spacial score (nSPS) is 11.7. The summed E-state index contributed by atoms with van der Waals surface area (Å²) in [6, 6.07) is 48.2. The Morgan fingerprint density at radius 3 is 1.79 bits per heavy atom. The lowest BCUT2D eigenvalue weighted by Crippen LogP contribution is -2.00. The summed E-state index contributed by atoms with van der Waals surface area (Å²) in [6.07, 6.45) is 0. The fourth-order valence-electron chi connectivity index (χ4n) is 6.15. The van der Waals surface area contributed by atoms with Crippen LogP contribution in [0.1, 0.15) is 0 Å². The molecule has 4 nitrogen and oxygen atoms in total. The molecule has 43 heavy (non-hydrogen) atoms. The lowest BCUT2D eigenvalue weighted by molar-refractivity contribution is 0.670. The van der Waals surface area contributed by atoms with Crippen molar-refractivity contribution in [3.8, 4) is 34.2 Å². The van der Waals surface area contributed by atoms with Crippen LogP contribution in [0.5, 0.6) is 0 Å². The number of fused-ring (bicyclic) bond motifs is 6. The van der Waals surface area contributed by atoms with Crippen LogP contribution in [0.2, 0.25) is 0 Å². The van der Waals surface area contributed by atoms with Crippen molar-refractivity contribution >= 4 is 54.3 Å². The van der Waals surface area contributed by atoms with Crippen molar-refractivity contribution in [1.82, 2.24) is 15.0 Å². The summed E-state index contributed by atoms with van der Waals surface area (Å²) in [5.41, 5.74) is 4.36. The smallest absolute Gasteiger partial charge is 0.167 e. The standard InChI is InChI=1S/C39H23N3O/c1-2-11-26-21-29(20-19-24(26)9-1)37-40-38(32-17-7-14-25-10-5-6-15-30(25)32)42-39(41-37)33-18-8-16-31-34-22-27-12-3-4-13-28(27)23-35(34)43-36(31)33/h1-23H. The van der Waals surface area contributed by atoms with E-state index in [9.17, 15) is 0 Å². The van der Waals surface area contributed by atoms with Gasteiger partial charge < -0.3 is 4.42 Å². The van der Waals surface area contributed by atoms with Gasteiger partial charge in [-0.1, -0.05) is 115 Å². The number of nitrogens with zero attached hydrogens (tertiary/aromatic N) is 3. The Morgan fingerprint density at radius 1 is 0.372 bits per heavy atom. The molecule has 2 heterocycles. The summed E-state index contributed by atoms with van der Waals surface area (Å²) in [5, 5.41) is 8.99. The Morgan fingerprint density at radius 2 is 0.953 bits per heavy atom. The Labute approximate surface area is 246 Å². The van der Waals surface area contributed by atoms with Crippen LogP contribution in [0, 0.1) is 0 Å². The van der Waals surface area contributed by atoms with Gasteiger partial charge in [-0.05, 0) is 56.6 Å². The van der Waals surface area contributed by atoms with Crippen molar-refractivity contribution in [2.75, 3.05) is 0 Å². The van der Waals surface area contributed by atoms with Crippen LogP contribution in [-0.4, -0.2) is 15.0 Å². The number of benzene rings is 7. The van der Waals surface area contributed by atoms with E-state index < -0.39 is 0 Å². The minimum absolute atomic E-state index is 0.579. The fraction of sp³-hybridized carbons (Fsp3) is 0. The van der Waals surface area contributed by atoms with Crippen LogP contribution in [0.25, 0.3) is 88.4 Å². The van der Waals surface area contributed by atoms with Crippen molar-refractivity contribution in [1.29, 1.82) is 0 Å². The summed E-state index contributed by atoms with van der Waals surface area (Å²) >= 11 is 0. The molecule has 4 heteroatoms. The van der Waals surface area contributed by atoms with E-state index >= 15 is 0 Å². The summed E-state index contributed by atoms with van der Waals surface area (Å²) in [4.78, 5) is 15.2. The van der Waals surface area contributed by atoms with E-state index in [-0.39, 0.29) is 0 Å². The topological polar surface area (TPSA) is 51.8 Å². The molecule has 0 saturated carbocycles. The molecular formula is C39H23N3O. The molecule has 0 aliphatic rings. The molecule has 200 valence electrons. The summed E-state index contributed by atoms with van der Waals surface area (Å²) in [5.74, 6) is 1.83. The molecule has 0 unspecified atom stereocenters. The minimum atomic E-state index is 0.579. The molecule has 0 saturated heterocycles. The maximum atomic E-state index is 6.56. The van der Waals surface area contributed by atoms with E-state index in [0.29, 0.717) is 17.5 Å². The molecule has 7 aromatic carbocycles. The van der Waals surface area contributed by atoms with Crippen molar-refractivity contribution in [3.63, 3.8) is 0 Å². The van der Waals surface area contributed by atoms with Gasteiger partial charge in [0.1, 0.15) is 11.2 Å². The maximum Gasteiger partial charge on any atom is 0.167 e. The zero-order chi connectivity index (χ0) is 28.3. The quantitative estimate of drug-likeness (QED) is 0.220. The molecule has 0 N–H and O–H groups in total. The van der Waals surface area contributed by atoms with Gasteiger partial charge in [0.05, 0.1) is 5.56 Å². The van der Waals surface area contributed by atoms with Crippen LogP contribution in [0.3, 0.4) is 0 Å². The molecule has 2 aromatic heterocycles. The first-order chi connectivity index (χ1) is 21.3. The third-order valence-electron chi connectivity index (χ3n) is 8.28. The monoisotopic (exact) mass is 549 g/mol. The SMILES string of the molecule is c1ccc2cc(-c3nc(-c4cccc5ccccc45)nc(-c4cccc5c4oc4cc6ccccc6cc45)n3)ccc2c1. The molecule has 0 fully saturated rings. The number of rotatable bonds is 3. The van der Waals surface area contributed by atoms with E-state index in [1.807, 2.05) is 6.07 Å². The molecule has 0 amide bonds. The summed E-state index contributed by atoms with van der Waals surface area (Å²) in [6.45, 7) is 0. The van der Waals surface area contributed by atoms with E-state index in [1.54, 1.807) is 0 Å². The molecule has 9 rings (SSSR count). The average molecular weight is 550 g/mol. The zero-order valence-corrected chi connectivity index (χ0v) is 23.0. The van der Waals surface area contributed by atoms with E-state index in [2.05, 4.69) is 133 Å². The second-order valence-electron chi connectivity index (χ2n) is 10.9. The van der Waals surface area contributed by atoms with Crippen molar-refractivity contribution in [2.24, 2.45) is 0 Å². The predicted molar refractivity (Wildman–Crippen MR) is 176 cm³/mol. The molecule has 9 aromatic rings. The molecule has 0 bridgehead atoms. The van der Waals surface area contributed by atoms with Gasteiger partial charge in [0, 0.05) is 21.9 Å². The van der Waals surface area contributed by atoms with E-state index in [4.69, 9.17) is 19.4 Å². The highest BCUT2D eigenvalue weighted by Gasteiger charge is 2.19. The van der Waals surface area contributed by atoms with Gasteiger partial charge in [0.2, 0.25) is 0 Å². The molecule has 0 atom stereocenters. The third kappa shape index (κ3) is 3.88. The molecular weight excluding hydrogens is 526 g/mol. The van der Waals surface area contributed by atoms with Crippen molar-refractivity contribution in [3.05, 3.63) is 140 Å². The molecule has 0 aliphatic heterocycles. The first kappa shape index (κ1) is 23.8. The second kappa shape index (κ2) is 9.33. The average Bonchev–Trinajstić information content (AvgIpc) is 3.44. The van der Waals surface area contributed by atoms with Gasteiger partial charge in [-0.3, -0.25) is 0 Å². The number of furan rings is 1. The lowest BCUT2D eigenvalue weighted by Gasteiger charge is -2.11. The van der Waals surface area contributed by atoms with Gasteiger partial charge in [-0.2, -0.15) is 0 Å². The lowest BCUT2D eigenvalue weighted by atomic mass is 10.0. The van der Waals surface area contributed by atoms with Crippen LogP contribution in [0.4, 0.5) is 0 Å². The number of hydrogen-bond acceptors (Lipinski definition) is 4. The van der Waals surface area contributed by atoms with Crippen LogP contribution >= 0.6 is 0 Å². The van der Waals surface area contributed by atoms with Gasteiger partial charge in [0.25, 0.3) is 0 Å². The summed E-state index contributed by atoms with van der Waals surface area (Å²) < 4.78 is 6.56. The maximum absolute atomic E-state index is 6.56. The molecule has 0 aliphatic carbocycles. The largest absolute Gasteiger partial charge is 0.455 e. The molecule has 0 radical (unpaired) electrons. The van der Waals surface area contributed by atoms with Gasteiger partial charge >= 0.3 is 0 Å². The van der Waals surface area contributed by atoms with E-state index in [1.165, 1.54) is 10.8 Å². The van der Waals surface area contributed by atoms with Gasteiger partial charge in [-0.15, -0.1) is 0 Å². The second-order valence-corrected chi connectivity index (χ2v) is 10.9. The Hall–Kier alpha value is -5.87. The van der Waals surface area contributed by atoms with Crippen LogP contribution in [-0.2, 0) is 0 Å². The first-order valence-electron chi connectivity index (χ1n) is 14.4. The number of hydrogen-bond donors (Lipinski definition) is 0. The van der Waals surface area contributed by atoms with Crippen LogP contribution in [0.15, 0.2) is 144 Å². The highest BCUT2D eigenvalue weighted by atomic mass is 16.3. The van der Waals surface area contributed by atoms with Crippen LogP contribution < -0.4 is 0 Å². The van der Waals surface area contributed by atoms with Crippen molar-refractivity contribution < 1.29 is 4.42 Å². The Bertz CT molecular complexity index is 2520. The van der Waals surface area contributed by atoms with Gasteiger partial charge in [-0.25, -0.2) is 15.0 Å². The Kier molecular flexibility index (Phi) is 5.16. The van der Waals surface area contributed by atoms with Crippen molar-refractivity contribution in [2.45, 2.75) is 0 Å². The number of aromatic nitrogens is 3. The fourth-order valence-corrected chi connectivity index (χ4v) is 6.15. The molecule has 0 spiro atoms. The third-order valence-corrected chi connectivity index (χ3v) is 8.28. The zero-order valence-electron chi connectivity index (χ0n) is 23.0. The Balaban J connectivity index is 1.32. The number of para-hydroxylation sites is 1. The first-order valence-corrected chi connectivity index (χ1v) is 14.4. The minimum Gasteiger partial charge on any atom is -0.455 e. The highest BCUT2D eigenvalue weighted by Crippen LogP contribution is 2.38. The summed E-state index contributed by atoms with van der Waals surface area (Å²) in [7, 11) is 0. The van der Waals surface area contributed by atoms with E-state index in [0.717, 1.165) is 60.2 Å². The predicted octanol–water partition coefficient (Wildman–Crippen LogP) is 10.2. The van der Waals surface area contributed by atoms with Gasteiger partial charge in [0.15, 0.2) is 17.5 Å². The highest BCUT2D eigenvalue weighted by molar-refractivity contribution is 6.13.